The molecule has 0 aliphatic carbocycles. The van der Waals surface area contributed by atoms with E-state index in [2.05, 4.69) is 0 Å². The molecule has 1 aromatic carbocycles. The number of carboxylic acids is 1. The first kappa shape index (κ1) is 12.7. The van der Waals surface area contributed by atoms with E-state index in [0.717, 1.165) is 12.0 Å². The first-order chi connectivity index (χ1) is 7.47. The van der Waals surface area contributed by atoms with Crippen LogP contribution in [0.3, 0.4) is 0 Å². The second kappa shape index (κ2) is 5.12. The highest BCUT2D eigenvalue weighted by Crippen LogP contribution is 2.27. The van der Waals surface area contributed by atoms with Crippen molar-refractivity contribution in [3.63, 3.8) is 0 Å². The maximum atomic E-state index is 11.2. The summed E-state index contributed by atoms with van der Waals surface area (Å²) in [7, 11) is 0. The minimum absolute atomic E-state index is 0.115. The highest BCUT2D eigenvalue weighted by Gasteiger charge is 2.16. The average molecular weight is 241 g/mol. The molecule has 1 N–H and O–H groups in total. The van der Waals surface area contributed by atoms with Crippen LogP contribution in [0.25, 0.3) is 0 Å². The van der Waals surface area contributed by atoms with Gasteiger partial charge in [0.05, 0.1) is 0 Å². The molecule has 1 rings (SSSR count). The zero-order chi connectivity index (χ0) is 12.3. The van der Waals surface area contributed by atoms with Crippen molar-refractivity contribution in [2.24, 2.45) is 0 Å². The number of aliphatic carboxylic acids is 1. The molecule has 0 radical (unpaired) electrons. The van der Waals surface area contributed by atoms with E-state index in [0.29, 0.717) is 10.9 Å². The number of ketones is 1. The molecule has 4 heteroatoms. The van der Waals surface area contributed by atoms with E-state index in [1.54, 1.807) is 6.07 Å². The number of carbonyl (C=O) groups excluding carboxylic acids is 1. The van der Waals surface area contributed by atoms with Crippen LogP contribution in [0.4, 0.5) is 0 Å². The topological polar surface area (TPSA) is 54.4 Å². The summed E-state index contributed by atoms with van der Waals surface area (Å²) in [6.45, 7) is 4.07. The molecule has 3 nitrogen and oxygen atoms in total. The van der Waals surface area contributed by atoms with Gasteiger partial charge in [-0.25, -0.2) is 4.79 Å². The summed E-state index contributed by atoms with van der Waals surface area (Å²) in [5.74, 6) is -2.11. The van der Waals surface area contributed by atoms with Crippen molar-refractivity contribution in [1.82, 2.24) is 0 Å². The van der Waals surface area contributed by atoms with E-state index in [1.807, 2.05) is 13.8 Å². The smallest absolute Gasteiger partial charge is 0.377 e. The monoisotopic (exact) mass is 240 g/mol. The fourth-order valence-electron chi connectivity index (χ4n) is 1.41. The van der Waals surface area contributed by atoms with E-state index in [1.165, 1.54) is 12.1 Å². The standard InChI is InChI=1S/C12H13ClO3/c1-3-7(2)9-5-4-8(6-10(9)13)11(14)12(15)16/h4-7H,3H2,1-2H3,(H,15,16). The van der Waals surface area contributed by atoms with Crippen LogP contribution in [0.2, 0.25) is 5.02 Å². The molecule has 1 aromatic rings. The quantitative estimate of drug-likeness (QED) is 0.650. The van der Waals surface area contributed by atoms with Crippen molar-refractivity contribution in [2.75, 3.05) is 0 Å². The molecule has 0 aliphatic rings. The van der Waals surface area contributed by atoms with Crippen molar-refractivity contribution in [3.05, 3.63) is 34.3 Å². The predicted octanol–water partition coefficient (Wildman–Crippen LogP) is 3.12. The Morgan fingerprint density at radius 2 is 2.06 bits per heavy atom. The van der Waals surface area contributed by atoms with Gasteiger partial charge in [-0.2, -0.15) is 0 Å². The van der Waals surface area contributed by atoms with Crippen LogP contribution in [0.1, 0.15) is 42.1 Å². The van der Waals surface area contributed by atoms with Gasteiger partial charge in [-0.15, -0.1) is 0 Å². The number of rotatable bonds is 4. The van der Waals surface area contributed by atoms with E-state index in [4.69, 9.17) is 16.7 Å². The van der Waals surface area contributed by atoms with E-state index in [9.17, 15) is 9.59 Å². The first-order valence-corrected chi connectivity index (χ1v) is 5.42. The molecule has 0 bridgehead atoms. The lowest BCUT2D eigenvalue weighted by Crippen LogP contribution is -2.12. The number of halogens is 1. The molecule has 1 atom stereocenters. The van der Waals surface area contributed by atoms with Gasteiger partial charge >= 0.3 is 5.97 Å². The van der Waals surface area contributed by atoms with Crippen LogP contribution >= 0.6 is 11.6 Å². The molecule has 0 saturated carbocycles. The van der Waals surface area contributed by atoms with Gasteiger partial charge < -0.3 is 5.11 Å². The Labute approximate surface area is 99.0 Å². The summed E-state index contributed by atoms with van der Waals surface area (Å²) in [5.41, 5.74) is 1.05. The normalized spacial score (nSPS) is 12.2. The van der Waals surface area contributed by atoms with Gasteiger partial charge in [0.25, 0.3) is 5.78 Å². The molecule has 0 amide bonds. The second-order valence-corrected chi connectivity index (χ2v) is 4.09. The van der Waals surface area contributed by atoms with Gasteiger partial charge in [-0.3, -0.25) is 4.79 Å². The Hall–Kier alpha value is -1.35. The summed E-state index contributed by atoms with van der Waals surface area (Å²) in [5, 5.41) is 9.00. The minimum Gasteiger partial charge on any atom is -0.475 e. The zero-order valence-electron chi connectivity index (χ0n) is 9.16. The van der Waals surface area contributed by atoms with E-state index >= 15 is 0 Å². The molecule has 0 saturated heterocycles. The van der Waals surface area contributed by atoms with Crippen molar-refractivity contribution in [1.29, 1.82) is 0 Å². The van der Waals surface area contributed by atoms with Gasteiger partial charge in [0.15, 0.2) is 0 Å². The molecule has 16 heavy (non-hydrogen) atoms. The highest BCUT2D eigenvalue weighted by molar-refractivity contribution is 6.40. The Bertz CT molecular complexity index is 426. The van der Waals surface area contributed by atoms with E-state index in [-0.39, 0.29) is 5.56 Å². The fourth-order valence-corrected chi connectivity index (χ4v) is 1.78. The number of hydrogen-bond donors (Lipinski definition) is 1. The van der Waals surface area contributed by atoms with Gasteiger partial charge in [0.2, 0.25) is 0 Å². The molecule has 0 spiro atoms. The van der Waals surface area contributed by atoms with Crippen LogP contribution in [0.5, 0.6) is 0 Å². The Morgan fingerprint density at radius 3 is 2.50 bits per heavy atom. The van der Waals surface area contributed by atoms with Gasteiger partial charge in [0.1, 0.15) is 0 Å². The molecule has 0 aromatic heterocycles. The lowest BCUT2D eigenvalue weighted by atomic mass is 9.96. The van der Waals surface area contributed by atoms with Crippen LogP contribution < -0.4 is 0 Å². The number of carbonyl (C=O) groups is 2. The van der Waals surface area contributed by atoms with Crippen molar-refractivity contribution in [3.8, 4) is 0 Å². The maximum absolute atomic E-state index is 11.2. The number of benzene rings is 1. The van der Waals surface area contributed by atoms with Crippen molar-refractivity contribution < 1.29 is 14.7 Å². The molecule has 86 valence electrons. The van der Waals surface area contributed by atoms with Crippen molar-refractivity contribution in [2.45, 2.75) is 26.2 Å². The maximum Gasteiger partial charge on any atom is 0.377 e. The molecule has 0 fully saturated rings. The molecular weight excluding hydrogens is 228 g/mol. The summed E-state index contributed by atoms with van der Waals surface area (Å²) >= 11 is 6.01. The third kappa shape index (κ3) is 2.61. The lowest BCUT2D eigenvalue weighted by Gasteiger charge is -2.11. The SMILES string of the molecule is CCC(C)c1ccc(C(=O)C(=O)O)cc1Cl. The average Bonchev–Trinajstić information content (AvgIpc) is 2.26. The van der Waals surface area contributed by atoms with E-state index < -0.39 is 11.8 Å². The first-order valence-electron chi connectivity index (χ1n) is 5.04. The zero-order valence-corrected chi connectivity index (χ0v) is 9.91. The summed E-state index contributed by atoms with van der Waals surface area (Å²) in [6, 6.07) is 4.63. The molecule has 0 aliphatic heterocycles. The van der Waals surface area contributed by atoms with Crippen LogP contribution in [0, 0.1) is 0 Å². The Kier molecular flexibility index (Phi) is 4.07. The van der Waals surface area contributed by atoms with Crippen LogP contribution in [0.15, 0.2) is 18.2 Å². The molecule has 0 heterocycles. The van der Waals surface area contributed by atoms with Crippen LogP contribution in [-0.4, -0.2) is 16.9 Å². The van der Waals surface area contributed by atoms with Gasteiger partial charge in [0, 0.05) is 10.6 Å². The molecule has 1 unspecified atom stereocenters. The van der Waals surface area contributed by atoms with Gasteiger partial charge in [-0.1, -0.05) is 37.6 Å². The third-order valence-electron chi connectivity index (χ3n) is 2.60. The highest BCUT2D eigenvalue weighted by atomic mass is 35.5. The van der Waals surface area contributed by atoms with Gasteiger partial charge in [-0.05, 0) is 24.0 Å². The number of hydrogen-bond acceptors (Lipinski definition) is 2. The van der Waals surface area contributed by atoms with Crippen molar-refractivity contribution >= 4 is 23.4 Å². The second-order valence-electron chi connectivity index (χ2n) is 3.68. The van der Waals surface area contributed by atoms with Crippen LogP contribution in [-0.2, 0) is 4.79 Å². The summed E-state index contributed by atoms with van der Waals surface area (Å²) in [6.07, 6.45) is 0.936. The lowest BCUT2D eigenvalue weighted by molar-refractivity contribution is -0.131. The third-order valence-corrected chi connectivity index (χ3v) is 2.93. The minimum atomic E-state index is -1.47. The molecular formula is C12H13ClO3. The Morgan fingerprint density at radius 1 is 1.44 bits per heavy atom. The summed E-state index contributed by atoms with van der Waals surface area (Å²) in [4.78, 5) is 21.7. The predicted molar refractivity (Wildman–Crippen MR) is 62.1 cm³/mol. The largest absolute Gasteiger partial charge is 0.475 e. The Balaban J connectivity index is 3.09. The fraction of sp³-hybridized carbons (Fsp3) is 0.333. The number of Topliss-reactive ketones (excluding diaryl/α,β-unsaturated/α-hetero) is 1. The number of carboxylic acid groups (broad SMARTS) is 1. The summed E-state index contributed by atoms with van der Waals surface area (Å²) < 4.78 is 0.